The third-order valence-corrected chi connectivity index (χ3v) is 8.17. The Kier molecular flexibility index (Phi) is 10.6. The van der Waals surface area contributed by atoms with Gasteiger partial charge in [-0.2, -0.15) is 13.2 Å². The quantitative estimate of drug-likeness (QED) is 0.0940. The van der Waals surface area contributed by atoms with E-state index in [1.54, 1.807) is 13.8 Å². The van der Waals surface area contributed by atoms with Gasteiger partial charge in [0.1, 0.15) is 25.3 Å². The SMILES string of the molecule is Cc1c(Cc2c(F)cccc2C(F)(F)F)c2n(c(=O)c1-c1cccc(OC(C)C)c1F)C(C(NCCOCC=O)c1ccccc1)CO2. The number of fused-ring (bicyclic) bond motifs is 1. The second kappa shape index (κ2) is 14.7. The Morgan fingerprint density at radius 1 is 1.02 bits per heavy atom. The van der Waals surface area contributed by atoms with Crippen LogP contribution in [0.5, 0.6) is 11.6 Å². The zero-order valence-corrected chi connectivity index (χ0v) is 26.6. The molecule has 48 heavy (non-hydrogen) atoms. The van der Waals surface area contributed by atoms with Crippen LogP contribution in [0.3, 0.4) is 0 Å². The van der Waals surface area contributed by atoms with Gasteiger partial charge in [0.2, 0.25) is 5.88 Å². The molecule has 0 amide bonds. The molecule has 0 radical (unpaired) electrons. The number of rotatable bonds is 13. The van der Waals surface area contributed by atoms with Crippen molar-refractivity contribution in [3.63, 3.8) is 0 Å². The van der Waals surface area contributed by atoms with Crippen molar-refractivity contribution in [1.82, 2.24) is 9.88 Å². The average Bonchev–Trinajstić information content (AvgIpc) is 3.48. The number of benzene rings is 3. The average molecular weight is 671 g/mol. The summed E-state index contributed by atoms with van der Waals surface area (Å²) in [7, 11) is 0. The summed E-state index contributed by atoms with van der Waals surface area (Å²) in [5.41, 5.74) is -1.64. The number of aromatic nitrogens is 1. The van der Waals surface area contributed by atoms with Crippen molar-refractivity contribution >= 4 is 6.29 Å². The van der Waals surface area contributed by atoms with E-state index in [1.165, 1.54) is 29.7 Å². The van der Waals surface area contributed by atoms with Gasteiger partial charge in [-0.3, -0.25) is 9.36 Å². The minimum atomic E-state index is -4.87. The van der Waals surface area contributed by atoms with Crippen LogP contribution >= 0.6 is 0 Å². The second-order valence-electron chi connectivity index (χ2n) is 11.6. The molecule has 2 unspecified atom stereocenters. The molecule has 1 aromatic heterocycles. The summed E-state index contributed by atoms with van der Waals surface area (Å²) in [6.07, 6.45) is -5.22. The fraction of sp³-hybridized carbons (Fsp3) is 0.333. The summed E-state index contributed by atoms with van der Waals surface area (Å²) in [5, 5.41) is 3.34. The molecule has 7 nitrogen and oxygen atoms in total. The first kappa shape index (κ1) is 34.8. The van der Waals surface area contributed by atoms with Crippen molar-refractivity contribution < 1.29 is 41.0 Å². The lowest BCUT2D eigenvalue weighted by atomic mass is 9.91. The van der Waals surface area contributed by atoms with Gasteiger partial charge >= 0.3 is 6.18 Å². The van der Waals surface area contributed by atoms with E-state index in [0.29, 0.717) is 6.29 Å². The summed E-state index contributed by atoms with van der Waals surface area (Å²) in [6.45, 7) is 5.19. The molecule has 254 valence electrons. The Balaban J connectivity index is 1.74. The predicted octanol–water partition coefficient (Wildman–Crippen LogP) is 6.98. The molecule has 1 aliphatic rings. The van der Waals surface area contributed by atoms with E-state index in [1.807, 2.05) is 30.3 Å². The lowest BCUT2D eigenvalue weighted by Crippen LogP contribution is -2.36. The first-order valence-electron chi connectivity index (χ1n) is 15.4. The molecule has 0 spiro atoms. The summed E-state index contributed by atoms with van der Waals surface area (Å²) < 4.78 is 92.0. The Morgan fingerprint density at radius 2 is 1.75 bits per heavy atom. The molecule has 0 saturated heterocycles. The molecule has 0 saturated carbocycles. The molecule has 12 heteroatoms. The largest absolute Gasteiger partial charge is 0.488 e. The van der Waals surface area contributed by atoms with E-state index < -0.39 is 53.0 Å². The zero-order chi connectivity index (χ0) is 34.6. The molecule has 1 N–H and O–H groups in total. The van der Waals surface area contributed by atoms with Crippen molar-refractivity contribution in [1.29, 1.82) is 0 Å². The lowest BCUT2D eigenvalue weighted by Gasteiger charge is -2.27. The molecular weight excluding hydrogens is 635 g/mol. The molecule has 5 rings (SSSR count). The number of carbonyl (C=O) groups excluding carboxylic acids is 1. The molecule has 0 fully saturated rings. The molecule has 2 heterocycles. The Hall–Kier alpha value is -4.55. The van der Waals surface area contributed by atoms with Crippen LogP contribution in [-0.4, -0.2) is 43.3 Å². The van der Waals surface area contributed by atoms with Crippen molar-refractivity contribution in [3.05, 3.63) is 117 Å². The van der Waals surface area contributed by atoms with Gasteiger partial charge in [0.25, 0.3) is 5.56 Å². The summed E-state index contributed by atoms with van der Waals surface area (Å²) >= 11 is 0. The van der Waals surface area contributed by atoms with Crippen LogP contribution in [-0.2, 0) is 22.1 Å². The number of nitrogens with zero attached hydrogens (tertiary/aromatic N) is 1. The smallest absolute Gasteiger partial charge is 0.416 e. The number of alkyl halides is 3. The number of halogens is 5. The minimum Gasteiger partial charge on any atom is -0.488 e. The van der Waals surface area contributed by atoms with Crippen molar-refractivity contribution in [2.24, 2.45) is 0 Å². The molecule has 4 aromatic rings. The van der Waals surface area contributed by atoms with Crippen LogP contribution in [0.2, 0.25) is 0 Å². The highest BCUT2D eigenvalue weighted by Crippen LogP contribution is 2.43. The number of ether oxygens (including phenoxy) is 3. The standard InChI is InChI=1S/C36H35F5N2O5/c1-21(2)48-30-14-7-11-24(32(30)38)31-22(3)25(19-26-27(36(39,40)41)12-8-13-28(26)37)35-43(34(31)45)29(20-47-35)33(23-9-5-4-6-10-23)42-15-17-46-18-16-44/h4-14,16,21,29,33,42H,15,17-20H2,1-3H3. The van der Waals surface area contributed by atoms with E-state index in [2.05, 4.69) is 5.32 Å². The third-order valence-electron chi connectivity index (χ3n) is 8.17. The fourth-order valence-corrected chi connectivity index (χ4v) is 6.08. The number of hydrogen-bond donors (Lipinski definition) is 1. The van der Waals surface area contributed by atoms with Crippen LogP contribution in [0, 0.1) is 18.6 Å². The third kappa shape index (κ3) is 7.14. The maximum absolute atomic E-state index is 16.1. The van der Waals surface area contributed by atoms with Crippen molar-refractivity contribution in [2.75, 3.05) is 26.4 Å². The maximum atomic E-state index is 16.1. The second-order valence-corrected chi connectivity index (χ2v) is 11.6. The van der Waals surface area contributed by atoms with E-state index >= 15 is 8.78 Å². The van der Waals surface area contributed by atoms with Crippen LogP contribution in [0.25, 0.3) is 11.1 Å². The number of nitrogens with one attached hydrogen (secondary N) is 1. The topological polar surface area (TPSA) is 78.8 Å². The summed E-state index contributed by atoms with van der Waals surface area (Å²) in [5.74, 6) is -2.03. The van der Waals surface area contributed by atoms with Crippen LogP contribution in [0.15, 0.2) is 71.5 Å². The van der Waals surface area contributed by atoms with Gasteiger partial charge in [-0.25, -0.2) is 8.78 Å². The van der Waals surface area contributed by atoms with E-state index in [4.69, 9.17) is 14.2 Å². The molecular formula is C36H35F5N2O5. The number of carbonyl (C=O) groups is 1. The van der Waals surface area contributed by atoms with Gasteiger partial charge in [-0.1, -0.05) is 48.5 Å². The maximum Gasteiger partial charge on any atom is 0.416 e. The zero-order valence-electron chi connectivity index (χ0n) is 26.6. The number of aldehydes is 1. The first-order chi connectivity index (χ1) is 22.9. The highest BCUT2D eigenvalue weighted by molar-refractivity contribution is 5.71. The normalized spacial score (nSPS) is 14.9. The van der Waals surface area contributed by atoms with Gasteiger partial charge in [-0.15, -0.1) is 0 Å². The molecule has 0 aliphatic carbocycles. The Morgan fingerprint density at radius 3 is 2.44 bits per heavy atom. The highest BCUT2D eigenvalue weighted by atomic mass is 19.4. The summed E-state index contributed by atoms with van der Waals surface area (Å²) in [4.78, 5) is 25.3. The van der Waals surface area contributed by atoms with Gasteiger partial charge in [0.15, 0.2) is 11.6 Å². The van der Waals surface area contributed by atoms with Crippen molar-refractivity contribution in [3.8, 4) is 22.8 Å². The van der Waals surface area contributed by atoms with Crippen LogP contribution in [0.1, 0.15) is 53.7 Å². The number of pyridine rings is 1. The van der Waals surface area contributed by atoms with Gasteiger partial charge < -0.3 is 24.3 Å². The Bertz CT molecular complexity index is 1820. The van der Waals surface area contributed by atoms with E-state index in [0.717, 1.165) is 23.8 Å². The number of hydrogen-bond acceptors (Lipinski definition) is 6. The van der Waals surface area contributed by atoms with Gasteiger partial charge in [0.05, 0.1) is 35.9 Å². The van der Waals surface area contributed by atoms with Crippen molar-refractivity contribution in [2.45, 2.75) is 51.6 Å². The predicted molar refractivity (Wildman–Crippen MR) is 169 cm³/mol. The monoisotopic (exact) mass is 670 g/mol. The van der Waals surface area contributed by atoms with Crippen LogP contribution in [0.4, 0.5) is 22.0 Å². The van der Waals surface area contributed by atoms with E-state index in [9.17, 15) is 22.8 Å². The van der Waals surface area contributed by atoms with Crippen LogP contribution < -0.4 is 20.3 Å². The molecule has 3 aromatic carbocycles. The van der Waals surface area contributed by atoms with Gasteiger partial charge in [0, 0.05) is 29.7 Å². The minimum absolute atomic E-state index is 0.0300. The Labute approximate surface area is 274 Å². The first-order valence-corrected chi connectivity index (χ1v) is 15.4. The molecule has 0 bridgehead atoms. The summed E-state index contributed by atoms with van der Waals surface area (Å²) in [6, 6.07) is 14.8. The fourth-order valence-electron chi connectivity index (χ4n) is 6.08. The molecule has 1 aliphatic heterocycles. The molecule has 2 atom stereocenters. The van der Waals surface area contributed by atoms with E-state index in [-0.39, 0.29) is 66.4 Å². The lowest BCUT2D eigenvalue weighted by molar-refractivity contribution is -0.138. The van der Waals surface area contributed by atoms with Gasteiger partial charge in [-0.05, 0) is 50.1 Å². The highest BCUT2D eigenvalue weighted by Gasteiger charge is 2.39.